The van der Waals surface area contributed by atoms with Crippen LogP contribution in [-0.4, -0.2) is 47.4 Å². The molecule has 2 aromatic rings. The molecule has 0 radical (unpaired) electrons. The van der Waals surface area contributed by atoms with Crippen LogP contribution in [0.3, 0.4) is 0 Å². The van der Waals surface area contributed by atoms with Gasteiger partial charge < -0.3 is 24.7 Å². The lowest BCUT2D eigenvalue weighted by molar-refractivity contribution is -0.125. The number of amides is 1. The summed E-state index contributed by atoms with van der Waals surface area (Å²) in [4.78, 5) is 16.4. The lowest BCUT2D eigenvalue weighted by Crippen LogP contribution is -2.49. The largest absolute Gasteiger partial charge is 0.485 e. The second kappa shape index (κ2) is 11.2. The zero-order valence-electron chi connectivity index (χ0n) is 22.3. The first-order chi connectivity index (χ1) is 17.2. The molecule has 1 aromatic heterocycles. The number of benzene rings is 1. The van der Waals surface area contributed by atoms with Crippen molar-refractivity contribution >= 4 is 5.91 Å². The lowest BCUT2D eigenvalue weighted by Gasteiger charge is -2.48. The van der Waals surface area contributed by atoms with E-state index < -0.39 is 0 Å². The Morgan fingerprint density at radius 2 is 2.19 bits per heavy atom. The first-order valence-corrected chi connectivity index (χ1v) is 13.2. The predicted molar refractivity (Wildman–Crippen MR) is 143 cm³/mol. The Balaban J connectivity index is 1.60. The van der Waals surface area contributed by atoms with Crippen molar-refractivity contribution in [3.05, 3.63) is 54.6 Å². The van der Waals surface area contributed by atoms with Crippen LogP contribution in [0.2, 0.25) is 0 Å². The van der Waals surface area contributed by atoms with Crippen molar-refractivity contribution in [1.29, 1.82) is 0 Å². The van der Waals surface area contributed by atoms with E-state index in [1.165, 1.54) is 24.7 Å². The van der Waals surface area contributed by atoms with E-state index in [1.807, 2.05) is 24.8 Å². The van der Waals surface area contributed by atoms with Crippen LogP contribution in [0.15, 0.2) is 43.5 Å². The van der Waals surface area contributed by atoms with Crippen LogP contribution in [0.5, 0.6) is 5.75 Å². The molecular formula is C29H42N4O3. The van der Waals surface area contributed by atoms with Crippen molar-refractivity contribution in [1.82, 2.24) is 20.2 Å². The SMILES string of the molecule is C=CC[C@@H](CCN[C@H]1CC2(CCC2)Oc2c1cc(CC(C)(C)C)cc2-n1ccnc1)NC(=O)COC. The number of carbonyl (C=O) groups excluding carboxylic acids is 1. The molecule has 2 heterocycles. The van der Waals surface area contributed by atoms with Crippen LogP contribution >= 0.6 is 0 Å². The number of methoxy groups -OCH3 is 1. The summed E-state index contributed by atoms with van der Waals surface area (Å²) in [5.74, 6) is 0.885. The molecule has 1 aliphatic heterocycles. The monoisotopic (exact) mass is 494 g/mol. The molecule has 0 saturated heterocycles. The quantitative estimate of drug-likeness (QED) is 0.435. The fourth-order valence-corrected chi connectivity index (χ4v) is 5.46. The van der Waals surface area contributed by atoms with Gasteiger partial charge in [0.15, 0.2) is 0 Å². The van der Waals surface area contributed by atoms with Crippen LogP contribution in [0.1, 0.15) is 76.5 Å². The number of ether oxygens (including phenoxy) is 2. The number of nitrogens with one attached hydrogen (secondary N) is 2. The van der Waals surface area contributed by atoms with E-state index in [2.05, 4.69) is 59.7 Å². The molecule has 0 unspecified atom stereocenters. The second-order valence-electron chi connectivity index (χ2n) is 11.6. The molecular weight excluding hydrogens is 452 g/mol. The topological polar surface area (TPSA) is 77.4 Å². The average molecular weight is 495 g/mol. The van der Waals surface area contributed by atoms with Gasteiger partial charge in [0.2, 0.25) is 5.91 Å². The van der Waals surface area contributed by atoms with Gasteiger partial charge in [-0.3, -0.25) is 4.79 Å². The molecule has 1 aliphatic carbocycles. The lowest BCUT2D eigenvalue weighted by atomic mass is 9.72. The Kier molecular flexibility index (Phi) is 8.20. The highest BCUT2D eigenvalue weighted by Crippen LogP contribution is 2.51. The van der Waals surface area contributed by atoms with Crippen molar-refractivity contribution in [3.63, 3.8) is 0 Å². The van der Waals surface area contributed by atoms with Gasteiger partial charge in [-0.25, -0.2) is 4.98 Å². The smallest absolute Gasteiger partial charge is 0.246 e. The normalized spacial score (nSPS) is 19.2. The minimum absolute atomic E-state index is 0.0309. The maximum Gasteiger partial charge on any atom is 0.246 e. The molecule has 4 rings (SSSR count). The fourth-order valence-electron chi connectivity index (χ4n) is 5.46. The van der Waals surface area contributed by atoms with Crippen LogP contribution in [0.4, 0.5) is 0 Å². The van der Waals surface area contributed by atoms with Crippen molar-refractivity contribution in [2.45, 2.75) is 83.4 Å². The Hall–Kier alpha value is -2.64. The van der Waals surface area contributed by atoms with Gasteiger partial charge in [-0.2, -0.15) is 0 Å². The maximum absolute atomic E-state index is 12.1. The third-order valence-corrected chi connectivity index (χ3v) is 7.19. The molecule has 1 amide bonds. The average Bonchev–Trinajstić information content (AvgIpc) is 3.31. The second-order valence-corrected chi connectivity index (χ2v) is 11.6. The summed E-state index contributed by atoms with van der Waals surface area (Å²) >= 11 is 0. The van der Waals surface area contributed by atoms with Gasteiger partial charge in [-0.1, -0.05) is 32.9 Å². The van der Waals surface area contributed by atoms with Gasteiger partial charge in [-0.15, -0.1) is 6.58 Å². The highest BCUT2D eigenvalue weighted by molar-refractivity contribution is 5.77. The molecule has 7 nitrogen and oxygen atoms in total. The highest BCUT2D eigenvalue weighted by Gasteiger charge is 2.46. The summed E-state index contributed by atoms with van der Waals surface area (Å²) in [6.45, 7) is 11.5. The van der Waals surface area contributed by atoms with Crippen LogP contribution < -0.4 is 15.4 Å². The first kappa shape index (κ1) is 26.4. The molecule has 2 aliphatic rings. The van der Waals surface area contributed by atoms with Gasteiger partial charge in [0.05, 0.1) is 12.0 Å². The van der Waals surface area contributed by atoms with E-state index in [-0.39, 0.29) is 35.6 Å². The molecule has 1 spiro atoms. The van der Waals surface area contributed by atoms with Gasteiger partial charge in [0, 0.05) is 43.6 Å². The number of fused-ring (bicyclic) bond motifs is 1. The zero-order valence-corrected chi connectivity index (χ0v) is 22.3. The minimum atomic E-state index is -0.0985. The van der Waals surface area contributed by atoms with Crippen molar-refractivity contribution in [3.8, 4) is 11.4 Å². The van der Waals surface area contributed by atoms with E-state index in [4.69, 9.17) is 9.47 Å². The summed E-state index contributed by atoms with van der Waals surface area (Å²) < 4.78 is 13.8. The number of nitrogens with zero attached hydrogens (tertiary/aromatic N) is 2. The van der Waals surface area contributed by atoms with E-state index in [0.29, 0.717) is 0 Å². The molecule has 1 saturated carbocycles. The molecule has 2 atom stereocenters. The van der Waals surface area contributed by atoms with Gasteiger partial charge in [-0.05, 0) is 62.1 Å². The van der Waals surface area contributed by atoms with E-state index in [0.717, 1.165) is 56.5 Å². The van der Waals surface area contributed by atoms with Crippen LogP contribution in [0, 0.1) is 5.41 Å². The number of imidazole rings is 1. The van der Waals surface area contributed by atoms with Crippen LogP contribution in [0.25, 0.3) is 5.69 Å². The van der Waals surface area contributed by atoms with Crippen molar-refractivity contribution in [2.24, 2.45) is 5.41 Å². The van der Waals surface area contributed by atoms with Crippen LogP contribution in [-0.2, 0) is 16.0 Å². The third kappa shape index (κ3) is 6.37. The predicted octanol–water partition coefficient (Wildman–Crippen LogP) is 4.89. The number of rotatable bonds is 11. The molecule has 196 valence electrons. The summed E-state index contributed by atoms with van der Waals surface area (Å²) in [6.07, 6.45) is 14.4. The molecule has 1 fully saturated rings. The Labute approximate surface area is 215 Å². The molecule has 7 heteroatoms. The number of hydrogen-bond donors (Lipinski definition) is 2. The summed E-state index contributed by atoms with van der Waals surface area (Å²) in [6, 6.07) is 4.83. The molecule has 0 bridgehead atoms. The summed E-state index contributed by atoms with van der Waals surface area (Å²) in [7, 11) is 1.54. The van der Waals surface area contributed by atoms with Crippen molar-refractivity contribution < 1.29 is 14.3 Å². The van der Waals surface area contributed by atoms with Crippen molar-refractivity contribution in [2.75, 3.05) is 20.3 Å². The van der Waals surface area contributed by atoms with Gasteiger partial charge in [0.1, 0.15) is 18.0 Å². The van der Waals surface area contributed by atoms with E-state index >= 15 is 0 Å². The number of aromatic nitrogens is 2. The van der Waals surface area contributed by atoms with Gasteiger partial charge >= 0.3 is 0 Å². The Morgan fingerprint density at radius 3 is 2.81 bits per heavy atom. The van der Waals surface area contributed by atoms with E-state index in [9.17, 15) is 4.79 Å². The Bertz CT molecular complexity index is 1040. The number of carbonyl (C=O) groups is 1. The summed E-state index contributed by atoms with van der Waals surface area (Å²) in [5.41, 5.74) is 3.67. The highest BCUT2D eigenvalue weighted by atomic mass is 16.5. The third-order valence-electron chi connectivity index (χ3n) is 7.19. The fraction of sp³-hybridized carbons (Fsp3) is 0.586. The molecule has 36 heavy (non-hydrogen) atoms. The first-order valence-electron chi connectivity index (χ1n) is 13.2. The van der Waals surface area contributed by atoms with E-state index in [1.54, 1.807) is 0 Å². The molecule has 2 N–H and O–H groups in total. The number of hydrogen-bond acceptors (Lipinski definition) is 5. The van der Waals surface area contributed by atoms with Gasteiger partial charge in [0.25, 0.3) is 0 Å². The standard InChI is InChI=1S/C29H42N4O3/c1-6-8-22(32-26(34)19-35-5)9-12-31-24-18-29(10-7-11-29)36-27-23(24)15-21(17-28(2,3)4)16-25(27)33-14-13-30-20-33/h6,13-16,20,22,24,31H,1,7-12,17-19H2,2-5H3,(H,32,34)/t22-,24-/m0/s1. The zero-order chi connectivity index (χ0) is 25.8. The summed E-state index contributed by atoms with van der Waals surface area (Å²) in [5, 5.41) is 6.90. The minimum Gasteiger partial charge on any atom is -0.485 e. The maximum atomic E-state index is 12.1. The molecule has 1 aromatic carbocycles. The Morgan fingerprint density at radius 1 is 1.39 bits per heavy atom.